The Morgan fingerprint density at radius 1 is 0.680 bits per heavy atom. The smallest absolute Gasteiger partial charge is 0.202 e. The Morgan fingerprint density at radius 3 is 1.84 bits per heavy atom. The van der Waals surface area contributed by atoms with Crippen LogP contribution in [-0.4, -0.2) is 40.0 Å². The van der Waals surface area contributed by atoms with E-state index in [2.05, 4.69) is 0 Å². The summed E-state index contributed by atoms with van der Waals surface area (Å²) in [6.07, 6.45) is 0. The van der Waals surface area contributed by atoms with Crippen LogP contribution >= 0.6 is 0 Å². The summed E-state index contributed by atoms with van der Waals surface area (Å²) in [6, 6.07) is 4.92. The van der Waals surface area contributed by atoms with Crippen molar-refractivity contribution >= 4 is 11.6 Å². The summed E-state index contributed by atoms with van der Waals surface area (Å²) in [6.45, 7) is 1.75. The molecule has 130 valence electrons. The van der Waals surface area contributed by atoms with Gasteiger partial charge in [0.15, 0.2) is 17.3 Å². The van der Waals surface area contributed by atoms with Crippen LogP contribution in [0.5, 0.6) is 23.0 Å². The third-order valence-corrected chi connectivity index (χ3v) is 4.38. The van der Waals surface area contributed by atoms with E-state index in [-0.39, 0.29) is 39.6 Å². The lowest BCUT2D eigenvalue weighted by Gasteiger charge is -2.25. The van der Waals surface area contributed by atoms with Gasteiger partial charge in [-0.05, 0) is 13.0 Å². The van der Waals surface area contributed by atoms with Crippen LogP contribution in [0.2, 0.25) is 0 Å². The molecule has 0 radical (unpaired) electrons. The van der Waals surface area contributed by atoms with Crippen LogP contribution in [0, 0.1) is 6.92 Å². The molecule has 0 saturated carbocycles. The summed E-state index contributed by atoms with van der Waals surface area (Å²) in [4.78, 5) is 26.4. The van der Waals surface area contributed by atoms with Crippen LogP contribution in [0.4, 0.5) is 0 Å². The minimum Gasteiger partial charge on any atom is -0.496 e. The largest absolute Gasteiger partial charge is 0.496 e. The Bertz CT molecular complexity index is 898. The second-order valence-corrected chi connectivity index (χ2v) is 5.52. The lowest BCUT2D eigenvalue weighted by Crippen LogP contribution is -2.24. The molecule has 25 heavy (non-hydrogen) atoms. The van der Waals surface area contributed by atoms with Gasteiger partial charge in [-0.3, -0.25) is 9.59 Å². The molecule has 3 rings (SSSR count). The van der Waals surface area contributed by atoms with Gasteiger partial charge in [-0.25, -0.2) is 0 Å². The van der Waals surface area contributed by atoms with Crippen molar-refractivity contribution in [2.75, 3.05) is 28.4 Å². The first kappa shape index (κ1) is 16.8. The zero-order valence-electron chi connectivity index (χ0n) is 14.7. The maximum absolute atomic E-state index is 13.2. The van der Waals surface area contributed by atoms with Crippen molar-refractivity contribution in [3.8, 4) is 23.0 Å². The molecule has 0 bridgehead atoms. The third-order valence-electron chi connectivity index (χ3n) is 4.38. The number of hydrogen-bond donors (Lipinski definition) is 0. The molecule has 0 aromatic heterocycles. The van der Waals surface area contributed by atoms with Crippen molar-refractivity contribution in [1.82, 2.24) is 0 Å². The third kappa shape index (κ3) is 2.17. The Kier molecular flexibility index (Phi) is 4.12. The summed E-state index contributed by atoms with van der Waals surface area (Å²) in [7, 11) is 5.81. The zero-order valence-corrected chi connectivity index (χ0v) is 14.7. The second kappa shape index (κ2) is 6.12. The number of ketones is 2. The molecule has 0 N–H and O–H groups in total. The number of hydrogen-bond acceptors (Lipinski definition) is 6. The van der Waals surface area contributed by atoms with Crippen LogP contribution in [0.3, 0.4) is 0 Å². The fourth-order valence-corrected chi connectivity index (χ4v) is 3.31. The molecule has 6 nitrogen and oxygen atoms in total. The van der Waals surface area contributed by atoms with E-state index in [1.807, 2.05) is 0 Å². The molecule has 2 aromatic carbocycles. The van der Waals surface area contributed by atoms with Crippen molar-refractivity contribution in [2.24, 2.45) is 0 Å². The highest BCUT2D eigenvalue weighted by molar-refractivity contribution is 6.31. The molecule has 6 heteroatoms. The molecule has 0 aliphatic heterocycles. The molecular weight excluding hydrogens is 324 g/mol. The Morgan fingerprint density at radius 2 is 1.28 bits per heavy atom. The number of rotatable bonds is 4. The van der Waals surface area contributed by atoms with E-state index >= 15 is 0 Å². The first-order valence-electron chi connectivity index (χ1n) is 7.60. The van der Waals surface area contributed by atoms with Gasteiger partial charge in [0.2, 0.25) is 5.78 Å². The predicted molar refractivity (Wildman–Crippen MR) is 90.7 cm³/mol. The van der Waals surface area contributed by atoms with Crippen molar-refractivity contribution in [1.29, 1.82) is 0 Å². The van der Waals surface area contributed by atoms with E-state index in [9.17, 15) is 9.59 Å². The first-order chi connectivity index (χ1) is 12.0. The predicted octanol–water partition coefficient (Wildman–Crippen LogP) is 2.80. The van der Waals surface area contributed by atoms with Crippen LogP contribution in [0.1, 0.15) is 37.4 Å². The van der Waals surface area contributed by atoms with Gasteiger partial charge >= 0.3 is 0 Å². The summed E-state index contributed by atoms with van der Waals surface area (Å²) in [5.74, 6) is 0.532. The van der Waals surface area contributed by atoms with Gasteiger partial charge in [0.05, 0.1) is 45.1 Å². The fraction of sp³-hybridized carbons (Fsp3) is 0.263. The number of methoxy groups -OCH3 is 4. The minimum atomic E-state index is -0.365. The molecule has 0 amide bonds. The lowest BCUT2D eigenvalue weighted by atomic mass is 9.81. The maximum atomic E-state index is 13.2. The van der Waals surface area contributed by atoms with Crippen LogP contribution in [-0.2, 0) is 0 Å². The SMILES string of the molecule is COc1cccc2c1C(=O)c1c(OC)c(OC)c(C)c(OC)c1C2=O. The molecule has 1 aliphatic rings. The maximum Gasteiger partial charge on any atom is 0.202 e. The highest BCUT2D eigenvalue weighted by Crippen LogP contribution is 2.48. The zero-order chi connectivity index (χ0) is 18.3. The van der Waals surface area contributed by atoms with Crippen molar-refractivity contribution < 1.29 is 28.5 Å². The van der Waals surface area contributed by atoms with Gasteiger partial charge in [0.1, 0.15) is 11.5 Å². The number of ether oxygens (including phenoxy) is 4. The van der Waals surface area contributed by atoms with E-state index in [1.165, 1.54) is 28.4 Å². The van der Waals surface area contributed by atoms with Crippen molar-refractivity contribution in [3.63, 3.8) is 0 Å². The quantitative estimate of drug-likeness (QED) is 0.726. The summed E-state index contributed by atoms with van der Waals surface area (Å²) >= 11 is 0. The normalized spacial score (nSPS) is 12.4. The number of carbonyl (C=O) groups excluding carboxylic acids is 2. The van der Waals surface area contributed by atoms with Gasteiger partial charge in [0, 0.05) is 11.1 Å². The van der Waals surface area contributed by atoms with E-state index in [0.717, 1.165) is 0 Å². The van der Waals surface area contributed by atoms with Crippen molar-refractivity contribution in [3.05, 3.63) is 46.0 Å². The number of fused-ring (bicyclic) bond motifs is 2. The van der Waals surface area contributed by atoms with E-state index < -0.39 is 0 Å². The van der Waals surface area contributed by atoms with E-state index in [1.54, 1.807) is 25.1 Å². The highest BCUT2D eigenvalue weighted by Gasteiger charge is 2.39. The molecular formula is C19H18O6. The van der Waals surface area contributed by atoms with Gasteiger partial charge in [-0.15, -0.1) is 0 Å². The molecule has 2 aromatic rings. The van der Waals surface area contributed by atoms with E-state index in [0.29, 0.717) is 22.8 Å². The van der Waals surface area contributed by atoms with Crippen LogP contribution < -0.4 is 18.9 Å². The van der Waals surface area contributed by atoms with Gasteiger partial charge < -0.3 is 18.9 Å². The Labute approximate surface area is 145 Å². The topological polar surface area (TPSA) is 71.1 Å². The Balaban J connectivity index is 2.47. The molecule has 0 saturated heterocycles. The summed E-state index contributed by atoms with van der Waals surface area (Å²) in [5, 5.41) is 0. The standard InChI is InChI=1S/C19H18O6/c1-9-17(23-3)13-14(19(25-5)18(9)24-4)16(21)12-10(15(13)20)7-6-8-11(12)22-2/h6-8H,1-5H3. The number of benzene rings is 2. The summed E-state index contributed by atoms with van der Waals surface area (Å²) in [5.41, 5.74) is 1.40. The average Bonchev–Trinajstić information content (AvgIpc) is 2.64. The molecule has 0 spiro atoms. The minimum absolute atomic E-state index is 0.129. The van der Waals surface area contributed by atoms with Gasteiger partial charge in [-0.2, -0.15) is 0 Å². The van der Waals surface area contributed by atoms with E-state index in [4.69, 9.17) is 18.9 Å². The van der Waals surface area contributed by atoms with Gasteiger partial charge in [-0.1, -0.05) is 12.1 Å². The number of carbonyl (C=O) groups is 2. The first-order valence-corrected chi connectivity index (χ1v) is 7.60. The fourth-order valence-electron chi connectivity index (χ4n) is 3.31. The highest BCUT2D eigenvalue weighted by atomic mass is 16.5. The van der Waals surface area contributed by atoms with Gasteiger partial charge in [0.25, 0.3) is 0 Å². The molecule has 0 unspecified atom stereocenters. The lowest BCUT2D eigenvalue weighted by molar-refractivity contribution is 0.0970. The molecule has 1 aliphatic carbocycles. The summed E-state index contributed by atoms with van der Waals surface area (Å²) < 4.78 is 21.5. The Hall–Kier alpha value is -3.02. The van der Waals surface area contributed by atoms with Crippen molar-refractivity contribution in [2.45, 2.75) is 6.92 Å². The van der Waals surface area contributed by atoms with Crippen LogP contribution in [0.15, 0.2) is 18.2 Å². The monoisotopic (exact) mass is 342 g/mol. The van der Waals surface area contributed by atoms with Crippen LogP contribution in [0.25, 0.3) is 0 Å². The molecule has 0 atom stereocenters. The molecule has 0 fully saturated rings. The average molecular weight is 342 g/mol. The second-order valence-electron chi connectivity index (χ2n) is 5.52. The molecule has 0 heterocycles.